The van der Waals surface area contributed by atoms with Crippen LogP contribution in [0.25, 0.3) is 0 Å². The molecule has 3 heterocycles. The number of hydrogen-bond donors (Lipinski definition) is 2. The van der Waals surface area contributed by atoms with Crippen molar-refractivity contribution in [2.45, 2.75) is 45.3 Å². The van der Waals surface area contributed by atoms with Gasteiger partial charge in [-0.1, -0.05) is 0 Å². The first kappa shape index (κ1) is 20.9. The van der Waals surface area contributed by atoms with E-state index in [9.17, 15) is 0 Å². The molecule has 0 spiro atoms. The molecule has 0 radical (unpaired) electrons. The molecule has 1 aromatic rings. The van der Waals surface area contributed by atoms with Crippen LogP contribution in [-0.2, 0) is 11.3 Å². The van der Waals surface area contributed by atoms with Crippen LogP contribution in [0.1, 0.15) is 36.4 Å². The zero-order valence-corrected chi connectivity index (χ0v) is 18.1. The molecule has 0 aliphatic carbocycles. The Morgan fingerprint density at radius 3 is 2.88 bits per heavy atom. The standard InChI is InChI=1S/C17H29N5OS.HI/c1-13-21-15(12-24-13)11-22-6-4-14(5-7-22)9-19-17(18)20-10-16-3-2-8-23-16;/h12,14,16H,2-11H2,1H3,(H3,18,19,20);1H. The molecular formula is C17H30IN5OS. The number of thiazole rings is 1. The Balaban J connectivity index is 0.00000225. The van der Waals surface area contributed by atoms with E-state index in [1.54, 1.807) is 11.3 Å². The second kappa shape index (κ2) is 10.6. The van der Waals surface area contributed by atoms with Crippen LogP contribution in [0.15, 0.2) is 10.4 Å². The average Bonchev–Trinajstić information content (AvgIpc) is 3.24. The lowest BCUT2D eigenvalue weighted by atomic mass is 9.97. The molecule has 2 fully saturated rings. The van der Waals surface area contributed by atoms with Gasteiger partial charge < -0.3 is 15.8 Å². The Kier molecular flexibility index (Phi) is 8.88. The highest BCUT2D eigenvalue weighted by molar-refractivity contribution is 14.0. The van der Waals surface area contributed by atoms with E-state index in [0.717, 1.165) is 57.2 Å². The number of likely N-dealkylation sites (tertiary alicyclic amines) is 1. The molecule has 2 aliphatic heterocycles. The normalized spacial score (nSPS) is 22.8. The first-order valence-electron chi connectivity index (χ1n) is 8.98. The molecule has 0 bridgehead atoms. The highest BCUT2D eigenvalue weighted by atomic mass is 127. The second-order valence-electron chi connectivity index (χ2n) is 6.82. The van der Waals surface area contributed by atoms with E-state index in [2.05, 4.69) is 32.5 Å². The van der Waals surface area contributed by atoms with E-state index in [1.165, 1.54) is 18.5 Å². The monoisotopic (exact) mass is 479 g/mol. The molecule has 3 rings (SSSR count). The molecule has 0 amide bonds. The van der Waals surface area contributed by atoms with E-state index >= 15 is 0 Å². The van der Waals surface area contributed by atoms with Crippen LogP contribution in [0.3, 0.4) is 0 Å². The summed E-state index contributed by atoms with van der Waals surface area (Å²) in [7, 11) is 0. The highest BCUT2D eigenvalue weighted by Crippen LogP contribution is 2.20. The summed E-state index contributed by atoms with van der Waals surface area (Å²) in [6.07, 6.45) is 4.95. The summed E-state index contributed by atoms with van der Waals surface area (Å²) >= 11 is 1.73. The van der Waals surface area contributed by atoms with E-state index in [-0.39, 0.29) is 24.0 Å². The first-order chi connectivity index (χ1) is 11.7. The number of aryl methyl sites for hydroxylation is 1. The fraction of sp³-hybridized carbons (Fsp3) is 0.765. The van der Waals surface area contributed by atoms with E-state index in [1.807, 2.05) is 0 Å². The molecule has 0 saturated carbocycles. The predicted octanol–water partition coefficient (Wildman–Crippen LogP) is 2.36. The van der Waals surface area contributed by atoms with Gasteiger partial charge in [0.1, 0.15) is 0 Å². The molecule has 0 aromatic carbocycles. The third-order valence-corrected chi connectivity index (χ3v) is 5.64. The molecular weight excluding hydrogens is 449 g/mol. The van der Waals surface area contributed by atoms with Crippen LogP contribution in [0.5, 0.6) is 0 Å². The van der Waals surface area contributed by atoms with Crippen LogP contribution in [0, 0.1) is 12.8 Å². The maximum Gasteiger partial charge on any atom is 0.188 e. The van der Waals surface area contributed by atoms with Gasteiger partial charge in [0.15, 0.2) is 5.96 Å². The Hall–Kier alpha value is -0.450. The molecule has 8 heteroatoms. The largest absolute Gasteiger partial charge is 0.376 e. The molecule has 2 aliphatic rings. The van der Waals surface area contributed by atoms with Gasteiger partial charge in [0.2, 0.25) is 0 Å². The zero-order valence-electron chi connectivity index (χ0n) is 14.9. The SMILES string of the molecule is Cc1nc(CN2CCC(CN=C(N)NCC3CCCO3)CC2)cs1.I. The van der Waals surface area contributed by atoms with Gasteiger partial charge in [0.25, 0.3) is 0 Å². The van der Waals surface area contributed by atoms with Crippen molar-refractivity contribution in [2.24, 2.45) is 16.6 Å². The summed E-state index contributed by atoms with van der Waals surface area (Å²) in [5, 5.41) is 6.52. The third kappa shape index (κ3) is 6.99. The van der Waals surface area contributed by atoms with Crippen LogP contribution < -0.4 is 11.1 Å². The van der Waals surface area contributed by atoms with Crippen molar-refractivity contribution in [2.75, 3.05) is 32.8 Å². The summed E-state index contributed by atoms with van der Waals surface area (Å²) in [4.78, 5) is 11.6. The summed E-state index contributed by atoms with van der Waals surface area (Å²) in [5.74, 6) is 1.20. The predicted molar refractivity (Wildman–Crippen MR) is 114 cm³/mol. The van der Waals surface area contributed by atoms with Crippen molar-refractivity contribution in [1.82, 2.24) is 15.2 Å². The molecule has 25 heavy (non-hydrogen) atoms. The van der Waals surface area contributed by atoms with Crippen molar-refractivity contribution in [3.8, 4) is 0 Å². The van der Waals surface area contributed by atoms with E-state index < -0.39 is 0 Å². The lowest BCUT2D eigenvalue weighted by Crippen LogP contribution is -2.38. The van der Waals surface area contributed by atoms with Gasteiger partial charge in [-0.15, -0.1) is 35.3 Å². The number of nitrogens with one attached hydrogen (secondary N) is 1. The van der Waals surface area contributed by atoms with Gasteiger partial charge in [-0.3, -0.25) is 9.89 Å². The number of nitrogens with zero attached hydrogens (tertiary/aromatic N) is 3. The molecule has 1 unspecified atom stereocenters. The lowest BCUT2D eigenvalue weighted by Gasteiger charge is -2.30. The number of guanidine groups is 1. The van der Waals surface area contributed by atoms with Gasteiger partial charge >= 0.3 is 0 Å². The molecule has 142 valence electrons. The maximum atomic E-state index is 5.97. The smallest absolute Gasteiger partial charge is 0.188 e. The van der Waals surface area contributed by atoms with Gasteiger partial charge in [-0.05, 0) is 51.6 Å². The second-order valence-corrected chi connectivity index (χ2v) is 7.88. The van der Waals surface area contributed by atoms with Crippen LogP contribution in [-0.4, -0.2) is 54.7 Å². The summed E-state index contributed by atoms with van der Waals surface area (Å²) in [5.41, 5.74) is 7.17. The molecule has 6 nitrogen and oxygen atoms in total. The number of aliphatic imine (C=N–C) groups is 1. The number of nitrogens with two attached hydrogens (primary N) is 1. The minimum atomic E-state index is 0. The van der Waals surface area contributed by atoms with Crippen LogP contribution >= 0.6 is 35.3 Å². The van der Waals surface area contributed by atoms with Gasteiger partial charge in [0, 0.05) is 31.6 Å². The van der Waals surface area contributed by atoms with Gasteiger partial charge in [-0.25, -0.2) is 4.98 Å². The average molecular weight is 479 g/mol. The Morgan fingerprint density at radius 2 is 2.24 bits per heavy atom. The van der Waals surface area contributed by atoms with Crippen LogP contribution in [0.2, 0.25) is 0 Å². The van der Waals surface area contributed by atoms with Gasteiger partial charge in [0.05, 0.1) is 16.8 Å². The van der Waals surface area contributed by atoms with E-state index in [0.29, 0.717) is 18.0 Å². The lowest BCUT2D eigenvalue weighted by molar-refractivity contribution is 0.114. The van der Waals surface area contributed by atoms with Crippen molar-refractivity contribution in [3.63, 3.8) is 0 Å². The molecule has 3 N–H and O–H groups in total. The molecule has 1 atom stereocenters. The molecule has 2 saturated heterocycles. The Labute approximate surface area is 171 Å². The minimum absolute atomic E-state index is 0. The number of ether oxygens (including phenoxy) is 1. The Bertz CT molecular complexity index is 539. The maximum absolute atomic E-state index is 5.97. The fourth-order valence-corrected chi connectivity index (χ4v) is 3.95. The van der Waals surface area contributed by atoms with Crippen molar-refractivity contribution in [1.29, 1.82) is 0 Å². The van der Waals surface area contributed by atoms with E-state index in [4.69, 9.17) is 10.5 Å². The van der Waals surface area contributed by atoms with Crippen LogP contribution in [0.4, 0.5) is 0 Å². The quantitative estimate of drug-likeness (QED) is 0.372. The number of rotatable bonds is 6. The highest BCUT2D eigenvalue weighted by Gasteiger charge is 2.20. The topological polar surface area (TPSA) is 75.8 Å². The summed E-state index contributed by atoms with van der Waals surface area (Å²) < 4.78 is 5.58. The summed E-state index contributed by atoms with van der Waals surface area (Å²) in [6, 6.07) is 0. The minimum Gasteiger partial charge on any atom is -0.376 e. The number of piperidine rings is 1. The zero-order chi connectivity index (χ0) is 16.8. The summed E-state index contributed by atoms with van der Waals surface area (Å²) in [6.45, 7) is 7.78. The Morgan fingerprint density at radius 1 is 1.44 bits per heavy atom. The molecule has 1 aromatic heterocycles. The van der Waals surface area contributed by atoms with Crippen molar-refractivity contribution in [3.05, 3.63) is 16.1 Å². The number of hydrogen-bond acceptors (Lipinski definition) is 5. The van der Waals surface area contributed by atoms with Crippen molar-refractivity contribution >= 4 is 41.3 Å². The number of aromatic nitrogens is 1. The third-order valence-electron chi connectivity index (χ3n) is 4.81. The first-order valence-corrected chi connectivity index (χ1v) is 9.86. The van der Waals surface area contributed by atoms with Gasteiger partial charge in [-0.2, -0.15) is 0 Å². The fourth-order valence-electron chi connectivity index (χ4n) is 3.34. The number of halogens is 1. The van der Waals surface area contributed by atoms with Crippen molar-refractivity contribution < 1.29 is 4.74 Å².